The second-order valence-electron chi connectivity index (χ2n) is 5.32. The maximum atomic E-state index is 12.5. The molecule has 2 heterocycles. The molecule has 1 aromatic carbocycles. The molecule has 0 saturated carbocycles. The van der Waals surface area contributed by atoms with Crippen LogP contribution in [0.5, 0.6) is 0 Å². The van der Waals surface area contributed by atoms with Gasteiger partial charge in [0.25, 0.3) is 5.56 Å². The molecule has 23 heavy (non-hydrogen) atoms. The third-order valence-corrected chi connectivity index (χ3v) is 3.70. The summed E-state index contributed by atoms with van der Waals surface area (Å²) >= 11 is 0. The first-order valence-corrected chi connectivity index (χ1v) is 7.50. The Morgan fingerprint density at radius 2 is 1.96 bits per heavy atom. The van der Waals surface area contributed by atoms with Crippen LogP contribution in [0.1, 0.15) is 22.8 Å². The standard InChI is InChI=1S/C19H17NO3/c1-3-23-19(22)18-15(14-8-6-7-13(2)11-14)12-17(21)20-10-5-4-9-16(18)20/h4-12H,3H2,1-2H3. The number of carbonyl (C=O) groups is 1. The maximum Gasteiger partial charge on any atom is 0.340 e. The van der Waals surface area contributed by atoms with E-state index in [4.69, 9.17) is 4.74 Å². The van der Waals surface area contributed by atoms with E-state index in [9.17, 15) is 9.59 Å². The highest BCUT2D eigenvalue weighted by Gasteiger charge is 2.19. The van der Waals surface area contributed by atoms with Gasteiger partial charge in [-0.2, -0.15) is 0 Å². The number of rotatable bonds is 3. The number of fused-ring (bicyclic) bond motifs is 1. The van der Waals surface area contributed by atoms with Crippen LogP contribution in [0.15, 0.2) is 59.5 Å². The number of nitrogens with zero attached hydrogens (tertiary/aromatic N) is 1. The van der Waals surface area contributed by atoms with Gasteiger partial charge in [0.05, 0.1) is 17.7 Å². The molecule has 0 spiro atoms. The Labute approximate surface area is 134 Å². The zero-order valence-corrected chi connectivity index (χ0v) is 13.1. The molecular formula is C19H17NO3. The predicted octanol–water partition coefficient (Wildman–Crippen LogP) is 3.45. The summed E-state index contributed by atoms with van der Waals surface area (Å²) < 4.78 is 6.68. The van der Waals surface area contributed by atoms with Gasteiger partial charge in [0.1, 0.15) is 0 Å². The molecule has 0 fully saturated rings. The van der Waals surface area contributed by atoms with Gasteiger partial charge in [0.2, 0.25) is 0 Å². The Kier molecular flexibility index (Phi) is 3.98. The molecule has 0 saturated heterocycles. The number of aromatic nitrogens is 1. The van der Waals surface area contributed by atoms with Crippen molar-refractivity contribution >= 4 is 11.5 Å². The predicted molar refractivity (Wildman–Crippen MR) is 89.8 cm³/mol. The van der Waals surface area contributed by atoms with E-state index >= 15 is 0 Å². The summed E-state index contributed by atoms with van der Waals surface area (Å²) in [4.78, 5) is 24.9. The van der Waals surface area contributed by atoms with Crippen LogP contribution in [-0.4, -0.2) is 17.0 Å². The monoisotopic (exact) mass is 307 g/mol. The molecule has 2 aromatic heterocycles. The van der Waals surface area contributed by atoms with E-state index in [1.165, 1.54) is 10.5 Å². The van der Waals surface area contributed by atoms with E-state index in [2.05, 4.69) is 0 Å². The molecule has 0 unspecified atom stereocenters. The molecule has 0 aliphatic carbocycles. The van der Waals surface area contributed by atoms with Crippen LogP contribution in [0.4, 0.5) is 0 Å². The summed E-state index contributed by atoms with van der Waals surface area (Å²) in [6.45, 7) is 4.02. The second kappa shape index (κ2) is 6.08. The summed E-state index contributed by atoms with van der Waals surface area (Å²) in [6, 6.07) is 14.5. The average Bonchev–Trinajstić information content (AvgIpc) is 2.55. The molecule has 0 N–H and O–H groups in total. The van der Waals surface area contributed by atoms with E-state index in [1.54, 1.807) is 31.3 Å². The van der Waals surface area contributed by atoms with Gasteiger partial charge in [0.15, 0.2) is 0 Å². The first kappa shape index (κ1) is 15.0. The number of aryl methyl sites for hydroxylation is 1. The minimum Gasteiger partial charge on any atom is -0.462 e. The lowest BCUT2D eigenvalue weighted by Crippen LogP contribution is -2.18. The van der Waals surface area contributed by atoms with Gasteiger partial charge in [-0.1, -0.05) is 35.9 Å². The van der Waals surface area contributed by atoms with Gasteiger partial charge in [-0.3, -0.25) is 9.20 Å². The van der Waals surface area contributed by atoms with Crippen molar-refractivity contribution in [3.8, 4) is 11.1 Å². The van der Waals surface area contributed by atoms with Crippen molar-refractivity contribution in [3.05, 3.63) is 76.2 Å². The van der Waals surface area contributed by atoms with Gasteiger partial charge in [-0.25, -0.2) is 4.79 Å². The highest BCUT2D eigenvalue weighted by molar-refractivity contribution is 6.04. The average molecular weight is 307 g/mol. The Hall–Kier alpha value is -2.88. The Balaban J connectivity index is 2.38. The number of benzene rings is 1. The van der Waals surface area contributed by atoms with Crippen LogP contribution >= 0.6 is 0 Å². The van der Waals surface area contributed by atoms with E-state index < -0.39 is 5.97 Å². The van der Waals surface area contributed by atoms with E-state index in [1.807, 2.05) is 31.2 Å². The summed E-state index contributed by atoms with van der Waals surface area (Å²) in [5.74, 6) is -0.423. The number of esters is 1. The SMILES string of the molecule is CCOC(=O)c1c(-c2cccc(C)c2)cc(=O)n2ccccc12. The largest absolute Gasteiger partial charge is 0.462 e. The molecule has 0 atom stereocenters. The first-order chi connectivity index (χ1) is 11.1. The van der Waals surface area contributed by atoms with Crippen molar-refractivity contribution in [1.82, 2.24) is 4.40 Å². The van der Waals surface area contributed by atoms with E-state index in [0.717, 1.165) is 11.1 Å². The molecule has 0 aliphatic heterocycles. The lowest BCUT2D eigenvalue weighted by Gasteiger charge is -2.13. The van der Waals surface area contributed by atoms with Gasteiger partial charge in [-0.05, 0) is 31.5 Å². The fraction of sp³-hybridized carbons (Fsp3) is 0.158. The Morgan fingerprint density at radius 1 is 1.13 bits per heavy atom. The van der Waals surface area contributed by atoms with Crippen molar-refractivity contribution in [3.63, 3.8) is 0 Å². The summed E-state index contributed by atoms with van der Waals surface area (Å²) in [7, 11) is 0. The van der Waals surface area contributed by atoms with Crippen LogP contribution in [0.25, 0.3) is 16.6 Å². The van der Waals surface area contributed by atoms with E-state index in [-0.39, 0.29) is 12.2 Å². The molecule has 3 aromatic rings. The number of ether oxygens (including phenoxy) is 1. The molecule has 116 valence electrons. The second-order valence-corrected chi connectivity index (χ2v) is 5.32. The van der Waals surface area contributed by atoms with Crippen LogP contribution in [0.2, 0.25) is 0 Å². The highest BCUT2D eigenvalue weighted by Crippen LogP contribution is 2.27. The molecule has 0 radical (unpaired) electrons. The first-order valence-electron chi connectivity index (χ1n) is 7.50. The molecule has 4 heteroatoms. The quantitative estimate of drug-likeness (QED) is 0.696. The zero-order chi connectivity index (χ0) is 16.4. The van der Waals surface area contributed by atoms with Crippen molar-refractivity contribution in [2.24, 2.45) is 0 Å². The van der Waals surface area contributed by atoms with Crippen molar-refractivity contribution in [2.45, 2.75) is 13.8 Å². The lowest BCUT2D eigenvalue weighted by molar-refractivity contribution is 0.0529. The number of hydrogen-bond acceptors (Lipinski definition) is 3. The Bertz CT molecular complexity index is 941. The lowest BCUT2D eigenvalue weighted by atomic mass is 9.98. The van der Waals surface area contributed by atoms with Crippen LogP contribution in [0, 0.1) is 6.92 Å². The molecule has 0 bridgehead atoms. The number of hydrogen-bond donors (Lipinski definition) is 0. The smallest absolute Gasteiger partial charge is 0.340 e. The number of carbonyl (C=O) groups excluding carboxylic acids is 1. The van der Waals surface area contributed by atoms with Gasteiger partial charge < -0.3 is 4.74 Å². The fourth-order valence-corrected chi connectivity index (χ4v) is 2.70. The zero-order valence-electron chi connectivity index (χ0n) is 13.1. The van der Waals surface area contributed by atoms with Crippen LogP contribution < -0.4 is 5.56 Å². The van der Waals surface area contributed by atoms with Gasteiger partial charge in [-0.15, -0.1) is 0 Å². The van der Waals surface area contributed by atoms with Crippen molar-refractivity contribution < 1.29 is 9.53 Å². The van der Waals surface area contributed by atoms with Crippen LogP contribution in [0.3, 0.4) is 0 Å². The van der Waals surface area contributed by atoms with Crippen LogP contribution in [-0.2, 0) is 4.74 Å². The van der Waals surface area contributed by atoms with Crippen molar-refractivity contribution in [2.75, 3.05) is 6.61 Å². The highest BCUT2D eigenvalue weighted by atomic mass is 16.5. The summed E-state index contributed by atoms with van der Waals surface area (Å²) in [6.07, 6.45) is 1.65. The molecule has 0 aliphatic rings. The number of pyridine rings is 2. The van der Waals surface area contributed by atoms with Crippen molar-refractivity contribution in [1.29, 1.82) is 0 Å². The summed E-state index contributed by atoms with van der Waals surface area (Å²) in [5, 5.41) is 0. The third kappa shape index (κ3) is 2.75. The topological polar surface area (TPSA) is 47.8 Å². The van der Waals surface area contributed by atoms with Gasteiger partial charge in [0, 0.05) is 17.8 Å². The molecule has 3 rings (SSSR count). The minimum absolute atomic E-state index is 0.176. The summed E-state index contributed by atoms with van der Waals surface area (Å²) in [5.41, 5.74) is 3.28. The van der Waals surface area contributed by atoms with E-state index in [0.29, 0.717) is 16.6 Å². The Morgan fingerprint density at radius 3 is 2.70 bits per heavy atom. The molecular weight excluding hydrogens is 290 g/mol. The minimum atomic E-state index is -0.423. The normalized spacial score (nSPS) is 10.7. The maximum absolute atomic E-state index is 12.5. The van der Waals surface area contributed by atoms with Gasteiger partial charge >= 0.3 is 5.97 Å². The fourth-order valence-electron chi connectivity index (χ4n) is 2.70. The molecule has 0 amide bonds. The third-order valence-electron chi connectivity index (χ3n) is 3.70. The molecule has 4 nitrogen and oxygen atoms in total.